The van der Waals surface area contributed by atoms with Gasteiger partial charge in [-0.15, -0.1) is 0 Å². The van der Waals surface area contributed by atoms with E-state index in [1.165, 1.54) is 14.2 Å². The smallest absolute Gasteiger partial charge is 0.340 e. The molecule has 0 aliphatic rings. The molecule has 2 rings (SSSR count). The molecule has 0 bridgehead atoms. The predicted octanol–water partition coefficient (Wildman–Crippen LogP) is 2.54. The van der Waals surface area contributed by atoms with Gasteiger partial charge in [-0.25, -0.2) is 9.59 Å². The summed E-state index contributed by atoms with van der Waals surface area (Å²) >= 11 is 0. The standard InChI is InChI=1S/C17H17NO4/c1-21-16(19)15(17(20)22-2)18(13-9-5-3-6-10-13)14-11-7-4-8-12-14/h3-12,15H,1-2H3. The van der Waals surface area contributed by atoms with Crippen LogP contribution in [-0.2, 0) is 19.1 Å². The van der Waals surface area contributed by atoms with Crippen molar-refractivity contribution in [3.63, 3.8) is 0 Å². The van der Waals surface area contributed by atoms with Crippen molar-refractivity contribution in [3.05, 3.63) is 60.7 Å². The maximum atomic E-state index is 12.1. The highest BCUT2D eigenvalue weighted by atomic mass is 16.5. The van der Waals surface area contributed by atoms with E-state index in [4.69, 9.17) is 9.47 Å². The van der Waals surface area contributed by atoms with Crippen LogP contribution in [0.3, 0.4) is 0 Å². The normalized spacial score (nSPS) is 10.1. The second-order valence-corrected chi connectivity index (χ2v) is 4.49. The third-order valence-electron chi connectivity index (χ3n) is 3.18. The Bertz CT molecular complexity index is 572. The Morgan fingerprint density at radius 1 is 0.773 bits per heavy atom. The van der Waals surface area contributed by atoms with E-state index >= 15 is 0 Å². The summed E-state index contributed by atoms with van der Waals surface area (Å²) in [7, 11) is 2.49. The fraction of sp³-hybridized carbons (Fsp3) is 0.176. The minimum atomic E-state index is -1.21. The van der Waals surface area contributed by atoms with Crippen LogP contribution in [0, 0.1) is 0 Å². The van der Waals surface area contributed by atoms with Gasteiger partial charge >= 0.3 is 11.9 Å². The zero-order valence-electron chi connectivity index (χ0n) is 12.4. The summed E-state index contributed by atoms with van der Waals surface area (Å²) < 4.78 is 9.56. The number of para-hydroxylation sites is 2. The minimum absolute atomic E-state index is 0.681. The summed E-state index contributed by atoms with van der Waals surface area (Å²) in [5, 5.41) is 0. The second kappa shape index (κ2) is 7.26. The summed E-state index contributed by atoms with van der Waals surface area (Å²) in [5.41, 5.74) is 1.38. The largest absolute Gasteiger partial charge is 0.467 e. The van der Waals surface area contributed by atoms with Gasteiger partial charge in [0.15, 0.2) is 0 Å². The Hall–Kier alpha value is -2.82. The predicted molar refractivity (Wildman–Crippen MR) is 82.8 cm³/mol. The average Bonchev–Trinajstić information content (AvgIpc) is 2.59. The van der Waals surface area contributed by atoms with Crippen LogP contribution in [0.2, 0.25) is 0 Å². The first-order valence-electron chi connectivity index (χ1n) is 6.74. The van der Waals surface area contributed by atoms with E-state index in [0.29, 0.717) is 11.4 Å². The zero-order chi connectivity index (χ0) is 15.9. The minimum Gasteiger partial charge on any atom is -0.467 e. The molecule has 0 unspecified atom stereocenters. The lowest BCUT2D eigenvalue weighted by Gasteiger charge is -2.30. The SMILES string of the molecule is COC(=O)C(C(=O)OC)N(c1ccccc1)c1ccccc1. The van der Waals surface area contributed by atoms with Crippen molar-refractivity contribution in [2.75, 3.05) is 19.1 Å². The lowest BCUT2D eigenvalue weighted by atomic mass is 10.1. The maximum Gasteiger partial charge on any atom is 0.340 e. The number of esters is 2. The first-order chi connectivity index (χ1) is 10.7. The lowest BCUT2D eigenvalue weighted by molar-refractivity contribution is -0.153. The van der Waals surface area contributed by atoms with E-state index < -0.39 is 18.0 Å². The van der Waals surface area contributed by atoms with Crippen LogP contribution in [-0.4, -0.2) is 32.2 Å². The van der Waals surface area contributed by atoms with E-state index in [2.05, 4.69) is 0 Å². The van der Waals surface area contributed by atoms with E-state index in [1.807, 2.05) is 60.7 Å². The molecule has 2 aromatic rings. The van der Waals surface area contributed by atoms with Crippen LogP contribution in [0.5, 0.6) is 0 Å². The Morgan fingerprint density at radius 2 is 1.14 bits per heavy atom. The Balaban J connectivity index is 2.56. The van der Waals surface area contributed by atoms with Gasteiger partial charge in [0.25, 0.3) is 0 Å². The Morgan fingerprint density at radius 3 is 1.45 bits per heavy atom. The number of nitrogens with zero attached hydrogens (tertiary/aromatic N) is 1. The molecule has 0 spiro atoms. The molecule has 2 aromatic carbocycles. The van der Waals surface area contributed by atoms with Crippen molar-refractivity contribution in [3.8, 4) is 0 Å². The molecule has 0 saturated heterocycles. The van der Waals surface area contributed by atoms with Crippen molar-refractivity contribution < 1.29 is 19.1 Å². The first kappa shape index (κ1) is 15.6. The Kier molecular flexibility index (Phi) is 5.14. The van der Waals surface area contributed by atoms with E-state index in [0.717, 1.165) is 0 Å². The molecule has 5 nitrogen and oxygen atoms in total. The van der Waals surface area contributed by atoms with Gasteiger partial charge in [-0.3, -0.25) is 0 Å². The van der Waals surface area contributed by atoms with Crippen LogP contribution in [0.4, 0.5) is 11.4 Å². The van der Waals surface area contributed by atoms with Gasteiger partial charge < -0.3 is 14.4 Å². The summed E-state index contributed by atoms with van der Waals surface area (Å²) in [6.07, 6.45) is 0. The first-order valence-corrected chi connectivity index (χ1v) is 6.74. The summed E-state index contributed by atoms with van der Waals surface area (Å²) in [6.45, 7) is 0. The van der Waals surface area contributed by atoms with Gasteiger partial charge in [0.1, 0.15) is 0 Å². The molecule has 0 N–H and O–H groups in total. The van der Waals surface area contributed by atoms with E-state index in [9.17, 15) is 9.59 Å². The molecule has 0 aromatic heterocycles. The molecule has 22 heavy (non-hydrogen) atoms. The molecule has 0 fully saturated rings. The molecule has 0 atom stereocenters. The third kappa shape index (κ3) is 3.25. The van der Waals surface area contributed by atoms with E-state index in [1.54, 1.807) is 4.90 Å². The lowest BCUT2D eigenvalue weighted by Crippen LogP contribution is -2.45. The highest BCUT2D eigenvalue weighted by molar-refractivity contribution is 6.04. The number of methoxy groups -OCH3 is 2. The topological polar surface area (TPSA) is 55.8 Å². The summed E-state index contributed by atoms with van der Waals surface area (Å²) in [4.78, 5) is 25.9. The molecule has 0 radical (unpaired) electrons. The highest BCUT2D eigenvalue weighted by Gasteiger charge is 2.36. The second-order valence-electron chi connectivity index (χ2n) is 4.49. The molecule has 0 amide bonds. The van der Waals surface area contributed by atoms with Crippen molar-refractivity contribution in [1.82, 2.24) is 0 Å². The number of benzene rings is 2. The van der Waals surface area contributed by atoms with Crippen LogP contribution in [0.25, 0.3) is 0 Å². The van der Waals surface area contributed by atoms with Crippen molar-refractivity contribution in [2.45, 2.75) is 6.04 Å². The molecule has 114 valence electrons. The average molecular weight is 299 g/mol. The molecule has 0 saturated carbocycles. The molecule has 0 aliphatic heterocycles. The van der Waals surface area contributed by atoms with Crippen molar-refractivity contribution >= 4 is 23.3 Å². The van der Waals surface area contributed by atoms with Crippen LogP contribution in [0.1, 0.15) is 0 Å². The van der Waals surface area contributed by atoms with Crippen molar-refractivity contribution in [2.24, 2.45) is 0 Å². The quantitative estimate of drug-likeness (QED) is 0.627. The highest BCUT2D eigenvalue weighted by Crippen LogP contribution is 2.28. The van der Waals surface area contributed by atoms with Gasteiger partial charge in [-0.2, -0.15) is 0 Å². The number of hydrogen-bond donors (Lipinski definition) is 0. The number of anilines is 2. The van der Waals surface area contributed by atoms with Crippen molar-refractivity contribution in [1.29, 1.82) is 0 Å². The summed E-state index contributed by atoms with van der Waals surface area (Å²) in [5.74, 6) is -1.36. The van der Waals surface area contributed by atoms with Gasteiger partial charge in [-0.1, -0.05) is 36.4 Å². The number of carbonyl (C=O) groups excluding carboxylic acids is 2. The molecule has 0 heterocycles. The third-order valence-corrected chi connectivity index (χ3v) is 3.18. The van der Waals surface area contributed by atoms with Crippen LogP contribution < -0.4 is 4.90 Å². The van der Waals surface area contributed by atoms with Gasteiger partial charge in [0.2, 0.25) is 6.04 Å². The van der Waals surface area contributed by atoms with Gasteiger partial charge in [0.05, 0.1) is 14.2 Å². The number of ether oxygens (including phenoxy) is 2. The number of carbonyl (C=O) groups is 2. The molecule has 5 heteroatoms. The molecule has 0 aliphatic carbocycles. The monoisotopic (exact) mass is 299 g/mol. The zero-order valence-corrected chi connectivity index (χ0v) is 12.4. The van der Waals surface area contributed by atoms with Gasteiger partial charge in [0, 0.05) is 11.4 Å². The van der Waals surface area contributed by atoms with Gasteiger partial charge in [-0.05, 0) is 24.3 Å². The van der Waals surface area contributed by atoms with E-state index in [-0.39, 0.29) is 0 Å². The maximum absolute atomic E-state index is 12.1. The van der Waals surface area contributed by atoms with Crippen LogP contribution >= 0.6 is 0 Å². The number of hydrogen-bond acceptors (Lipinski definition) is 5. The summed E-state index contributed by atoms with van der Waals surface area (Å²) in [6, 6.07) is 17.1. The molecular formula is C17H17NO4. The Labute approximate surface area is 129 Å². The molecular weight excluding hydrogens is 282 g/mol. The number of rotatable bonds is 5. The fourth-order valence-electron chi connectivity index (χ4n) is 2.15. The fourth-order valence-corrected chi connectivity index (χ4v) is 2.15. The van der Waals surface area contributed by atoms with Crippen LogP contribution in [0.15, 0.2) is 60.7 Å².